The van der Waals surface area contributed by atoms with Crippen molar-refractivity contribution in [2.75, 3.05) is 7.11 Å². The number of hydrogen-bond acceptors (Lipinski definition) is 4. The van der Waals surface area contributed by atoms with E-state index in [9.17, 15) is 0 Å². The Hall–Kier alpha value is -0.900. The molecule has 4 heteroatoms. The fourth-order valence-electron chi connectivity index (χ4n) is 1.60. The number of rotatable bonds is 3. The van der Waals surface area contributed by atoms with Gasteiger partial charge in [-0.3, -0.25) is 0 Å². The van der Waals surface area contributed by atoms with Crippen molar-refractivity contribution in [1.82, 2.24) is 10.1 Å². The van der Waals surface area contributed by atoms with E-state index in [4.69, 9.17) is 9.26 Å². The minimum Gasteiger partial charge on any atom is -0.370 e. The van der Waals surface area contributed by atoms with Gasteiger partial charge in [-0.2, -0.15) is 4.98 Å². The average molecular weight is 182 g/mol. The van der Waals surface area contributed by atoms with E-state index >= 15 is 0 Å². The van der Waals surface area contributed by atoms with Crippen LogP contribution in [0, 0.1) is 0 Å². The Balaban J connectivity index is 2.23. The molecule has 1 aliphatic rings. The summed E-state index contributed by atoms with van der Waals surface area (Å²) in [7, 11) is 1.71. The zero-order valence-corrected chi connectivity index (χ0v) is 8.04. The highest BCUT2D eigenvalue weighted by Crippen LogP contribution is 2.42. The number of aromatic nitrogens is 2. The number of aryl methyl sites for hydroxylation is 1. The molecule has 0 N–H and O–H groups in total. The lowest BCUT2D eigenvalue weighted by Gasteiger charge is -2.37. The van der Waals surface area contributed by atoms with Crippen LogP contribution in [0.2, 0.25) is 0 Å². The Labute approximate surface area is 77.3 Å². The molecule has 0 spiro atoms. The van der Waals surface area contributed by atoms with E-state index in [0.717, 1.165) is 25.1 Å². The van der Waals surface area contributed by atoms with Crippen molar-refractivity contribution in [1.29, 1.82) is 0 Å². The van der Waals surface area contributed by atoms with Crippen molar-refractivity contribution >= 4 is 0 Å². The van der Waals surface area contributed by atoms with Crippen LogP contribution < -0.4 is 0 Å². The highest BCUT2D eigenvalue weighted by Gasteiger charge is 2.43. The van der Waals surface area contributed by atoms with Crippen molar-refractivity contribution in [3.05, 3.63) is 11.7 Å². The molecule has 2 rings (SSSR count). The summed E-state index contributed by atoms with van der Waals surface area (Å²) in [6.07, 6.45) is 3.98. The maximum atomic E-state index is 5.43. The Kier molecular flexibility index (Phi) is 2.07. The monoisotopic (exact) mass is 182 g/mol. The number of methoxy groups -OCH3 is 1. The molecule has 1 fully saturated rings. The van der Waals surface area contributed by atoms with Gasteiger partial charge in [-0.1, -0.05) is 12.1 Å². The first-order chi connectivity index (χ1) is 6.30. The van der Waals surface area contributed by atoms with Gasteiger partial charge in [0, 0.05) is 13.5 Å². The predicted octanol–water partition coefficient (Wildman–Crippen LogP) is 1.66. The Morgan fingerprint density at radius 2 is 2.31 bits per heavy atom. The third-order valence-corrected chi connectivity index (χ3v) is 2.73. The summed E-state index contributed by atoms with van der Waals surface area (Å²) < 4.78 is 10.5. The molecule has 0 amide bonds. The first kappa shape index (κ1) is 8.69. The number of nitrogens with zero attached hydrogens (tertiary/aromatic N) is 2. The SMILES string of the molecule is CCc1nc(C2(OC)CCC2)no1. The first-order valence-corrected chi connectivity index (χ1v) is 4.69. The Morgan fingerprint density at radius 1 is 1.54 bits per heavy atom. The van der Waals surface area contributed by atoms with E-state index < -0.39 is 0 Å². The lowest BCUT2D eigenvalue weighted by atomic mass is 9.79. The standard InChI is InChI=1S/C9H14N2O2/c1-3-7-10-8(11-13-7)9(12-2)5-4-6-9/h3-6H2,1-2H3. The fraction of sp³-hybridized carbons (Fsp3) is 0.778. The maximum absolute atomic E-state index is 5.43. The van der Waals surface area contributed by atoms with Crippen molar-refractivity contribution in [3.8, 4) is 0 Å². The molecule has 13 heavy (non-hydrogen) atoms. The minimum absolute atomic E-state index is 0.239. The summed E-state index contributed by atoms with van der Waals surface area (Å²) in [5, 5.41) is 3.94. The third kappa shape index (κ3) is 1.25. The van der Waals surface area contributed by atoms with Gasteiger partial charge in [-0.15, -0.1) is 0 Å². The normalized spacial score (nSPS) is 19.8. The smallest absolute Gasteiger partial charge is 0.226 e. The van der Waals surface area contributed by atoms with Crippen LogP contribution in [0.3, 0.4) is 0 Å². The van der Waals surface area contributed by atoms with Crippen LogP contribution in [-0.4, -0.2) is 17.3 Å². The molecule has 0 unspecified atom stereocenters. The molecule has 0 bridgehead atoms. The molecular formula is C9H14N2O2. The predicted molar refractivity (Wildman–Crippen MR) is 46.2 cm³/mol. The second-order valence-corrected chi connectivity index (χ2v) is 3.42. The van der Waals surface area contributed by atoms with E-state index in [0.29, 0.717) is 5.89 Å². The summed E-state index contributed by atoms with van der Waals surface area (Å²) in [4.78, 5) is 4.29. The molecule has 1 aliphatic carbocycles. The van der Waals surface area contributed by atoms with Crippen molar-refractivity contribution < 1.29 is 9.26 Å². The number of ether oxygens (including phenoxy) is 1. The molecule has 0 saturated heterocycles. The lowest BCUT2D eigenvalue weighted by molar-refractivity contribution is -0.0858. The van der Waals surface area contributed by atoms with Crippen LogP contribution >= 0.6 is 0 Å². The first-order valence-electron chi connectivity index (χ1n) is 4.69. The second kappa shape index (κ2) is 3.10. The summed E-state index contributed by atoms with van der Waals surface area (Å²) in [5.41, 5.74) is -0.239. The maximum Gasteiger partial charge on any atom is 0.226 e. The fourth-order valence-corrected chi connectivity index (χ4v) is 1.60. The summed E-state index contributed by atoms with van der Waals surface area (Å²) in [6.45, 7) is 2.00. The van der Waals surface area contributed by atoms with Gasteiger partial charge in [0.15, 0.2) is 0 Å². The van der Waals surface area contributed by atoms with Crippen molar-refractivity contribution in [2.24, 2.45) is 0 Å². The van der Waals surface area contributed by atoms with Crippen molar-refractivity contribution in [3.63, 3.8) is 0 Å². The second-order valence-electron chi connectivity index (χ2n) is 3.42. The molecule has 1 aromatic heterocycles. The van der Waals surface area contributed by atoms with Gasteiger partial charge in [-0.05, 0) is 19.3 Å². The van der Waals surface area contributed by atoms with Gasteiger partial charge in [0.2, 0.25) is 11.7 Å². The quantitative estimate of drug-likeness (QED) is 0.713. The average Bonchev–Trinajstić information content (AvgIpc) is 2.52. The molecule has 1 heterocycles. The van der Waals surface area contributed by atoms with Gasteiger partial charge in [0.1, 0.15) is 5.60 Å². The van der Waals surface area contributed by atoms with E-state index in [1.54, 1.807) is 7.11 Å². The molecular weight excluding hydrogens is 168 g/mol. The van der Waals surface area contributed by atoms with Crippen LogP contribution in [0.4, 0.5) is 0 Å². The molecule has 72 valence electrons. The molecule has 0 aromatic carbocycles. The van der Waals surface area contributed by atoms with E-state index in [1.165, 1.54) is 6.42 Å². The van der Waals surface area contributed by atoms with Crippen LogP contribution in [0.15, 0.2) is 4.52 Å². The molecule has 0 aliphatic heterocycles. The van der Waals surface area contributed by atoms with Crippen molar-refractivity contribution in [2.45, 2.75) is 38.2 Å². The van der Waals surface area contributed by atoms with E-state index in [2.05, 4.69) is 10.1 Å². The third-order valence-electron chi connectivity index (χ3n) is 2.73. The van der Waals surface area contributed by atoms with Gasteiger partial charge in [-0.25, -0.2) is 0 Å². The van der Waals surface area contributed by atoms with Crippen LogP contribution in [0.5, 0.6) is 0 Å². The summed E-state index contributed by atoms with van der Waals surface area (Å²) in [6, 6.07) is 0. The minimum atomic E-state index is -0.239. The Morgan fingerprint density at radius 3 is 2.69 bits per heavy atom. The van der Waals surface area contributed by atoms with Gasteiger partial charge in [0.05, 0.1) is 0 Å². The van der Waals surface area contributed by atoms with E-state index in [-0.39, 0.29) is 5.60 Å². The molecule has 0 atom stereocenters. The van der Waals surface area contributed by atoms with Crippen LogP contribution in [0.25, 0.3) is 0 Å². The lowest BCUT2D eigenvalue weighted by Crippen LogP contribution is -2.37. The zero-order valence-electron chi connectivity index (χ0n) is 8.04. The molecule has 1 aromatic rings. The molecule has 4 nitrogen and oxygen atoms in total. The Bertz CT molecular complexity index is 286. The summed E-state index contributed by atoms with van der Waals surface area (Å²) in [5.74, 6) is 1.41. The highest BCUT2D eigenvalue weighted by molar-refractivity contribution is 5.06. The highest BCUT2D eigenvalue weighted by atomic mass is 16.5. The van der Waals surface area contributed by atoms with Gasteiger partial charge in [0.25, 0.3) is 0 Å². The van der Waals surface area contributed by atoms with Gasteiger partial charge < -0.3 is 9.26 Å². The molecule has 1 saturated carbocycles. The van der Waals surface area contributed by atoms with Crippen LogP contribution in [-0.2, 0) is 16.8 Å². The van der Waals surface area contributed by atoms with Gasteiger partial charge >= 0.3 is 0 Å². The number of hydrogen-bond donors (Lipinski definition) is 0. The topological polar surface area (TPSA) is 48.2 Å². The summed E-state index contributed by atoms with van der Waals surface area (Å²) >= 11 is 0. The van der Waals surface area contributed by atoms with Crippen LogP contribution in [0.1, 0.15) is 37.9 Å². The molecule has 0 radical (unpaired) electrons. The van der Waals surface area contributed by atoms with E-state index in [1.807, 2.05) is 6.92 Å². The zero-order chi connectivity index (χ0) is 9.31. The largest absolute Gasteiger partial charge is 0.370 e.